The highest BCUT2D eigenvalue weighted by molar-refractivity contribution is 5.75. The van der Waals surface area contributed by atoms with Gasteiger partial charge in [-0.05, 0) is 79.7 Å². The largest absolute Gasteiger partial charge is 0.497 e. The van der Waals surface area contributed by atoms with Crippen molar-refractivity contribution in [2.24, 2.45) is 11.3 Å². The molecule has 4 rings (SSSR count). The fourth-order valence-electron chi connectivity index (χ4n) is 5.71. The Balaban J connectivity index is 1.78. The highest BCUT2D eigenvalue weighted by Crippen LogP contribution is 2.62. The summed E-state index contributed by atoms with van der Waals surface area (Å²) >= 11 is 0. The predicted octanol–water partition coefficient (Wildman–Crippen LogP) is 4.75. The molecule has 1 aromatic carbocycles. The van der Waals surface area contributed by atoms with E-state index in [2.05, 4.69) is 32.0 Å². The maximum Gasteiger partial charge on any atom is 0.119 e. The van der Waals surface area contributed by atoms with Gasteiger partial charge < -0.3 is 9.84 Å². The number of ether oxygens (including phenoxy) is 1. The second kappa shape index (κ2) is 5.11. The predicted molar refractivity (Wildman–Crippen MR) is 93.5 cm³/mol. The molecule has 0 bridgehead atoms. The summed E-state index contributed by atoms with van der Waals surface area (Å²) in [6, 6.07) is 6.57. The van der Waals surface area contributed by atoms with Gasteiger partial charge in [-0.15, -0.1) is 0 Å². The topological polar surface area (TPSA) is 29.5 Å². The van der Waals surface area contributed by atoms with E-state index in [1.807, 2.05) is 0 Å². The molecule has 3 aliphatic rings. The Morgan fingerprint density at radius 2 is 2.04 bits per heavy atom. The Bertz CT molecular complexity index is 674. The van der Waals surface area contributed by atoms with Gasteiger partial charge in [0.15, 0.2) is 0 Å². The quantitative estimate of drug-likeness (QED) is 0.854. The van der Waals surface area contributed by atoms with E-state index in [-0.39, 0.29) is 5.41 Å². The summed E-state index contributed by atoms with van der Waals surface area (Å²) in [7, 11) is 1.74. The van der Waals surface area contributed by atoms with Crippen LogP contribution in [-0.4, -0.2) is 17.8 Å². The van der Waals surface area contributed by atoms with E-state index in [0.717, 1.165) is 50.7 Å². The third-order valence-electron chi connectivity index (χ3n) is 7.27. The molecule has 0 amide bonds. The summed E-state index contributed by atoms with van der Waals surface area (Å²) < 4.78 is 5.39. The molecule has 0 heterocycles. The molecule has 0 radical (unpaired) electrons. The van der Waals surface area contributed by atoms with E-state index in [9.17, 15) is 5.11 Å². The molecule has 2 nitrogen and oxygen atoms in total. The highest BCUT2D eigenvalue weighted by Gasteiger charge is 2.57. The minimum atomic E-state index is -0.462. The van der Waals surface area contributed by atoms with Crippen LogP contribution >= 0.6 is 0 Å². The van der Waals surface area contributed by atoms with Crippen LogP contribution in [0.4, 0.5) is 0 Å². The Labute approximate surface area is 139 Å². The Morgan fingerprint density at radius 3 is 2.78 bits per heavy atom. The van der Waals surface area contributed by atoms with Crippen LogP contribution in [0.2, 0.25) is 0 Å². The van der Waals surface area contributed by atoms with Gasteiger partial charge in [0.1, 0.15) is 5.75 Å². The molecule has 1 N–H and O–H groups in total. The third-order valence-corrected chi connectivity index (χ3v) is 7.27. The van der Waals surface area contributed by atoms with E-state index in [1.54, 1.807) is 18.3 Å². The smallest absolute Gasteiger partial charge is 0.119 e. The fourth-order valence-corrected chi connectivity index (χ4v) is 5.71. The highest BCUT2D eigenvalue weighted by atomic mass is 16.5. The van der Waals surface area contributed by atoms with Crippen LogP contribution in [0, 0.1) is 11.3 Å². The second-order valence-electron chi connectivity index (χ2n) is 7.92. The van der Waals surface area contributed by atoms with Crippen molar-refractivity contribution in [1.29, 1.82) is 0 Å². The van der Waals surface area contributed by atoms with Crippen LogP contribution in [0.3, 0.4) is 0 Å². The lowest BCUT2D eigenvalue weighted by Gasteiger charge is -2.48. The molecule has 23 heavy (non-hydrogen) atoms. The van der Waals surface area contributed by atoms with E-state index in [1.165, 1.54) is 11.1 Å². The molecule has 124 valence electrons. The number of aryl methyl sites for hydroxylation is 1. The number of benzene rings is 1. The first kappa shape index (κ1) is 15.3. The number of aliphatic hydroxyl groups is 1. The summed E-state index contributed by atoms with van der Waals surface area (Å²) in [4.78, 5) is 0. The molecule has 1 saturated carbocycles. The maximum absolute atomic E-state index is 11.2. The second-order valence-corrected chi connectivity index (χ2v) is 7.92. The van der Waals surface area contributed by atoms with Gasteiger partial charge in [0.25, 0.3) is 0 Å². The minimum Gasteiger partial charge on any atom is -0.497 e. The molecular weight excluding hydrogens is 284 g/mol. The lowest BCUT2D eigenvalue weighted by molar-refractivity contribution is -0.0729. The zero-order chi connectivity index (χ0) is 16.2. The zero-order valence-corrected chi connectivity index (χ0v) is 14.6. The van der Waals surface area contributed by atoms with E-state index in [4.69, 9.17) is 4.74 Å². The van der Waals surface area contributed by atoms with Crippen molar-refractivity contribution in [2.75, 3.05) is 7.11 Å². The standard InChI is InChI=1S/C21H28O2/c1-4-21(22)12-10-19-18-7-5-14-13-15(23-3)6-8-16(14)17(18)9-11-20(19,21)2/h6,8,13,19,22H,4-5,7,9-12H2,1-3H3/t19-,20-,21-/m0/s1. The number of fused-ring (bicyclic) bond motifs is 4. The average Bonchev–Trinajstić information content (AvgIpc) is 2.86. The zero-order valence-electron chi connectivity index (χ0n) is 14.6. The molecule has 1 aromatic rings. The molecule has 0 spiro atoms. The van der Waals surface area contributed by atoms with Crippen molar-refractivity contribution in [1.82, 2.24) is 0 Å². The number of hydrogen-bond donors (Lipinski definition) is 1. The Morgan fingerprint density at radius 1 is 1.22 bits per heavy atom. The van der Waals surface area contributed by atoms with Crippen LogP contribution in [0.25, 0.3) is 5.57 Å². The molecule has 0 aromatic heterocycles. The fraction of sp³-hybridized carbons (Fsp3) is 0.619. The van der Waals surface area contributed by atoms with Crippen LogP contribution < -0.4 is 4.74 Å². The summed E-state index contributed by atoms with van der Waals surface area (Å²) in [5, 5.41) is 11.2. The Kier molecular flexibility index (Phi) is 3.39. The first-order valence-electron chi connectivity index (χ1n) is 9.14. The first-order valence-corrected chi connectivity index (χ1v) is 9.14. The molecule has 0 saturated heterocycles. The lowest BCUT2D eigenvalue weighted by Crippen LogP contribution is -2.46. The average molecular weight is 312 g/mol. The Hall–Kier alpha value is -1.28. The van der Waals surface area contributed by atoms with Gasteiger partial charge in [-0.3, -0.25) is 0 Å². The van der Waals surface area contributed by atoms with Crippen molar-refractivity contribution in [2.45, 2.75) is 64.4 Å². The number of methoxy groups -OCH3 is 1. The van der Waals surface area contributed by atoms with Gasteiger partial charge in [-0.1, -0.05) is 25.5 Å². The maximum atomic E-state index is 11.2. The van der Waals surface area contributed by atoms with Gasteiger partial charge in [0.05, 0.1) is 12.7 Å². The molecule has 3 atom stereocenters. The minimum absolute atomic E-state index is 0.0740. The molecule has 2 heteroatoms. The van der Waals surface area contributed by atoms with Crippen LogP contribution in [-0.2, 0) is 6.42 Å². The number of rotatable bonds is 2. The van der Waals surface area contributed by atoms with Gasteiger partial charge in [0.2, 0.25) is 0 Å². The number of allylic oxidation sites excluding steroid dienone is 2. The summed E-state index contributed by atoms with van der Waals surface area (Å²) in [6.07, 6.45) is 7.52. The van der Waals surface area contributed by atoms with Crippen LogP contribution in [0.15, 0.2) is 23.8 Å². The summed E-state index contributed by atoms with van der Waals surface area (Å²) in [5.74, 6) is 1.54. The lowest BCUT2D eigenvalue weighted by atomic mass is 9.58. The van der Waals surface area contributed by atoms with E-state index in [0.29, 0.717) is 5.92 Å². The monoisotopic (exact) mass is 312 g/mol. The molecule has 1 fully saturated rings. The van der Waals surface area contributed by atoms with E-state index < -0.39 is 5.60 Å². The summed E-state index contributed by atoms with van der Waals surface area (Å²) in [5.41, 5.74) is 5.73. The van der Waals surface area contributed by atoms with Gasteiger partial charge in [-0.2, -0.15) is 0 Å². The van der Waals surface area contributed by atoms with Crippen LogP contribution in [0.1, 0.15) is 63.5 Å². The van der Waals surface area contributed by atoms with Crippen molar-refractivity contribution in [3.8, 4) is 5.75 Å². The first-order chi connectivity index (χ1) is 11.0. The van der Waals surface area contributed by atoms with Gasteiger partial charge >= 0.3 is 0 Å². The van der Waals surface area contributed by atoms with Gasteiger partial charge in [0, 0.05) is 5.41 Å². The van der Waals surface area contributed by atoms with Crippen molar-refractivity contribution < 1.29 is 9.84 Å². The molecule has 0 unspecified atom stereocenters. The summed E-state index contributed by atoms with van der Waals surface area (Å²) in [6.45, 7) is 4.50. The van der Waals surface area contributed by atoms with Crippen molar-refractivity contribution in [3.63, 3.8) is 0 Å². The van der Waals surface area contributed by atoms with Gasteiger partial charge in [-0.25, -0.2) is 0 Å². The normalized spacial score (nSPS) is 35.6. The van der Waals surface area contributed by atoms with Crippen molar-refractivity contribution >= 4 is 5.57 Å². The molecular formula is C21H28O2. The molecule has 0 aliphatic heterocycles. The molecule has 3 aliphatic carbocycles. The number of hydrogen-bond acceptors (Lipinski definition) is 2. The third kappa shape index (κ3) is 1.97. The van der Waals surface area contributed by atoms with Crippen LogP contribution in [0.5, 0.6) is 5.75 Å². The SMILES string of the molecule is CC[C@]1(O)CC[C@H]2C3=C(CC[C@@]21C)c1ccc(OC)cc1CC3. The van der Waals surface area contributed by atoms with Crippen molar-refractivity contribution in [3.05, 3.63) is 34.9 Å². The van der Waals surface area contributed by atoms with E-state index >= 15 is 0 Å².